The van der Waals surface area contributed by atoms with Gasteiger partial charge < -0.3 is 24.7 Å². The lowest BCUT2D eigenvalue weighted by molar-refractivity contribution is -0.143. The fourth-order valence-corrected chi connectivity index (χ4v) is 3.97. The molecule has 0 unspecified atom stereocenters. The first kappa shape index (κ1) is 26.0. The van der Waals surface area contributed by atoms with Gasteiger partial charge in [0.1, 0.15) is 30.4 Å². The molecule has 1 amide bonds. The van der Waals surface area contributed by atoms with Crippen molar-refractivity contribution in [2.24, 2.45) is 0 Å². The molecule has 0 atom stereocenters. The second kappa shape index (κ2) is 12.2. The van der Waals surface area contributed by atoms with E-state index < -0.39 is 0 Å². The molecule has 0 aliphatic rings. The van der Waals surface area contributed by atoms with Crippen LogP contribution in [0.5, 0.6) is 5.75 Å². The average Bonchev–Trinajstić information content (AvgIpc) is 3.23. The number of rotatable bonds is 11. The summed E-state index contributed by atoms with van der Waals surface area (Å²) < 4.78 is 13.0. The third-order valence-electron chi connectivity index (χ3n) is 5.44. The Labute approximate surface area is 219 Å². The summed E-state index contributed by atoms with van der Waals surface area (Å²) in [5, 5.41) is 7.35. The molecule has 0 radical (unpaired) electrons. The van der Waals surface area contributed by atoms with Crippen molar-refractivity contribution in [2.45, 2.75) is 27.0 Å². The van der Waals surface area contributed by atoms with Crippen molar-refractivity contribution in [3.05, 3.63) is 71.4 Å². The molecule has 0 saturated carbocycles. The van der Waals surface area contributed by atoms with Crippen molar-refractivity contribution in [2.75, 3.05) is 25.0 Å². The number of aromatic nitrogens is 3. The molecule has 0 spiro atoms. The highest BCUT2D eigenvalue weighted by molar-refractivity contribution is 6.30. The molecule has 4 aromatic rings. The summed E-state index contributed by atoms with van der Waals surface area (Å²) in [7, 11) is 0. The number of esters is 1. The molecule has 9 nitrogen and oxygen atoms in total. The topological polar surface area (TPSA) is 107 Å². The number of fused-ring (bicyclic) bond motifs is 1. The summed E-state index contributed by atoms with van der Waals surface area (Å²) in [5.74, 6) is 1.19. The van der Waals surface area contributed by atoms with E-state index in [1.807, 2.05) is 42.5 Å². The van der Waals surface area contributed by atoms with Crippen LogP contribution in [0.1, 0.15) is 19.5 Å². The van der Waals surface area contributed by atoms with Crippen LogP contribution in [-0.2, 0) is 27.5 Å². The summed E-state index contributed by atoms with van der Waals surface area (Å²) in [6, 6.07) is 18.6. The van der Waals surface area contributed by atoms with Crippen LogP contribution in [0.3, 0.4) is 0 Å². The van der Waals surface area contributed by atoms with E-state index in [-0.39, 0.29) is 31.6 Å². The Balaban J connectivity index is 1.77. The highest BCUT2D eigenvalue weighted by Gasteiger charge is 2.20. The number of carbonyl (C=O) groups is 2. The first-order valence-electron chi connectivity index (χ1n) is 11.9. The van der Waals surface area contributed by atoms with Gasteiger partial charge in [0.25, 0.3) is 0 Å². The zero-order chi connectivity index (χ0) is 26.2. The van der Waals surface area contributed by atoms with Gasteiger partial charge in [-0.25, -0.2) is 9.97 Å². The van der Waals surface area contributed by atoms with Gasteiger partial charge in [-0.3, -0.25) is 9.59 Å². The van der Waals surface area contributed by atoms with E-state index in [1.54, 1.807) is 29.7 Å². The van der Waals surface area contributed by atoms with E-state index in [2.05, 4.69) is 10.6 Å². The molecule has 0 aliphatic carbocycles. The van der Waals surface area contributed by atoms with Gasteiger partial charge in [-0.15, -0.1) is 0 Å². The van der Waals surface area contributed by atoms with Crippen LogP contribution in [0.4, 0.5) is 5.82 Å². The predicted octanol–water partition coefficient (Wildman–Crippen LogP) is 4.44. The molecule has 0 bridgehead atoms. The summed E-state index contributed by atoms with van der Waals surface area (Å²) in [4.78, 5) is 33.4. The van der Waals surface area contributed by atoms with Crippen molar-refractivity contribution in [1.29, 1.82) is 0 Å². The van der Waals surface area contributed by atoms with Crippen LogP contribution in [0.15, 0.2) is 60.7 Å². The lowest BCUT2D eigenvalue weighted by Crippen LogP contribution is -2.26. The number of carbonyl (C=O) groups excluding carboxylic acids is 2. The zero-order valence-corrected chi connectivity index (χ0v) is 21.4. The molecule has 0 fully saturated rings. The number of anilines is 1. The van der Waals surface area contributed by atoms with Gasteiger partial charge in [0.15, 0.2) is 5.82 Å². The highest BCUT2D eigenvalue weighted by Crippen LogP contribution is 2.29. The molecule has 10 heteroatoms. The molecule has 192 valence electrons. The first-order chi connectivity index (χ1) is 17.9. The molecule has 4 rings (SSSR count). The van der Waals surface area contributed by atoms with E-state index in [9.17, 15) is 9.59 Å². The lowest BCUT2D eigenvalue weighted by atomic mass is 10.2. The van der Waals surface area contributed by atoms with Crippen LogP contribution in [0.2, 0.25) is 5.02 Å². The number of halogens is 1. The quantitative estimate of drug-likeness (QED) is 0.222. The number of nitrogens with one attached hydrogen (secondary N) is 2. The van der Waals surface area contributed by atoms with Crippen LogP contribution in [-0.4, -0.2) is 46.1 Å². The molecular weight excluding hydrogens is 494 g/mol. The van der Waals surface area contributed by atoms with E-state index in [1.165, 1.54) is 6.92 Å². The van der Waals surface area contributed by atoms with E-state index in [0.29, 0.717) is 46.8 Å². The number of hydrogen-bond acceptors (Lipinski definition) is 7. The first-order valence-corrected chi connectivity index (χ1v) is 12.3. The van der Waals surface area contributed by atoms with Crippen LogP contribution >= 0.6 is 11.6 Å². The minimum Gasteiger partial charge on any atom is -0.487 e. The SMILES string of the molecule is CCOC(=O)Cn1c(COc2cccc(Cl)c2)cc2c(NCCNC(C)=O)nc(-c3ccccc3)nc21. The molecule has 2 heterocycles. The van der Waals surface area contributed by atoms with Crippen molar-refractivity contribution >= 4 is 40.3 Å². The summed E-state index contributed by atoms with van der Waals surface area (Å²) in [6.07, 6.45) is 0. The van der Waals surface area contributed by atoms with Gasteiger partial charge in [0.05, 0.1) is 17.7 Å². The normalized spacial score (nSPS) is 10.8. The Kier molecular flexibility index (Phi) is 8.58. The molecule has 2 N–H and O–H groups in total. The Morgan fingerprint density at radius 2 is 1.84 bits per heavy atom. The van der Waals surface area contributed by atoms with Crippen LogP contribution < -0.4 is 15.4 Å². The smallest absolute Gasteiger partial charge is 0.326 e. The van der Waals surface area contributed by atoms with Gasteiger partial charge in [-0.05, 0) is 31.2 Å². The molecule has 0 saturated heterocycles. The summed E-state index contributed by atoms with van der Waals surface area (Å²) >= 11 is 6.10. The minimum atomic E-state index is -0.385. The number of nitrogens with zero attached hydrogens (tertiary/aromatic N) is 3. The fourth-order valence-electron chi connectivity index (χ4n) is 3.79. The highest BCUT2D eigenvalue weighted by atomic mass is 35.5. The maximum absolute atomic E-state index is 12.5. The Bertz CT molecular complexity index is 1390. The molecule has 37 heavy (non-hydrogen) atoms. The van der Waals surface area contributed by atoms with Gasteiger partial charge in [0.2, 0.25) is 5.91 Å². The van der Waals surface area contributed by atoms with Crippen molar-refractivity contribution in [1.82, 2.24) is 19.9 Å². The largest absolute Gasteiger partial charge is 0.487 e. The minimum absolute atomic E-state index is 0.0395. The number of hydrogen-bond donors (Lipinski definition) is 2. The van der Waals surface area contributed by atoms with Gasteiger partial charge in [-0.2, -0.15) is 0 Å². The maximum atomic E-state index is 12.5. The predicted molar refractivity (Wildman–Crippen MR) is 143 cm³/mol. The van der Waals surface area contributed by atoms with E-state index in [0.717, 1.165) is 10.9 Å². The van der Waals surface area contributed by atoms with Crippen LogP contribution in [0.25, 0.3) is 22.4 Å². The third kappa shape index (κ3) is 6.77. The molecule has 2 aromatic heterocycles. The molecule has 2 aromatic carbocycles. The summed E-state index contributed by atoms with van der Waals surface area (Å²) in [6.45, 7) is 4.52. The van der Waals surface area contributed by atoms with Crippen molar-refractivity contribution < 1.29 is 19.1 Å². The molecule has 0 aliphatic heterocycles. The fraction of sp³-hybridized carbons (Fsp3) is 0.259. The standard InChI is InChI=1S/C27H28ClN5O4/c1-3-36-24(35)16-33-21(17-37-22-11-7-10-20(28)14-22)15-23-26(30-13-12-29-18(2)34)31-25(32-27(23)33)19-8-5-4-6-9-19/h4-11,14-15H,3,12-13,16-17H2,1-2H3,(H,29,34)(H,30,31,32). The van der Waals surface area contributed by atoms with Gasteiger partial charge in [-0.1, -0.05) is 48.0 Å². The second-order valence-corrected chi connectivity index (χ2v) is 8.62. The number of amides is 1. The van der Waals surface area contributed by atoms with Crippen LogP contribution in [0, 0.1) is 0 Å². The van der Waals surface area contributed by atoms with Gasteiger partial charge >= 0.3 is 5.97 Å². The van der Waals surface area contributed by atoms with E-state index >= 15 is 0 Å². The second-order valence-electron chi connectivity index (χ2n) is 8.18. The monoisotopic (exact) mass is 521 g/mol. The molecular formula is C27H28ClN5O4. The lowest BCUT2D eigenvalue weighted by Gasteiger charge is -2.13. The van der Waals surface area contributed by atoms with Crippen molar-refractivity contribution in [3.8, 4) is 17.1 Å². The van der Waals surface area contributed by atoms with Gasteiger partial charge in [0, 0.05) is 30.6 Å². The average molecular weight is 522 g/mol. The Hall–Kier alpha value is -4.11. The Morgan fingerprint density at radius 1 is 1.03 bits per heavy atom. The third-order valence-corrected chi connectivity index (χ3v) is 5.67. The van der Waals surface area contributed by atoms with E-state index in [4.69, 9.17) is 31.0 Å². The number of ether oxygens (including phenoxy) is 2. The number of benzene rings is 2. The maximum Gasteiger partial charge on any atom is 0.326 e. The summed E-state index contributed by atoms with van der Waals surface area (Å²) in [5.41, 5.74) is 2.11. The Morgan fingerprint density at radius 3 is 2.57 bits per heavy atom. The van der Waals surface area contributed by atoms with Crippen molar-refractivity contribution in [3.63, 3.8) is 0 Å². The zero-order valence-electron chi connectivity index (χ0n) is 20.7.